The number of carboxylic acids is 1. The molecule has 0 aliphatic heterocycles. The van der Waals surface area contributed by atoms with Gasteiger partial charge >= 0.3 is 5.97 Å². The van der Waals surface area contributed by atoms with Gasteiger partial charge in [0.1, 0.15) is 11.4 Å². The second-order valence-electron chi connectivity index (χ2n) is 13.2. The number of allylic oxidation sites excluding steroid dienone is 1. The van der Waals surface area contributed by atoms with Crippen LogP contribution in [0.3, 0.4) is 0 Å². The molecular formula is C40H45Cl2N5O4. The van der Waals surface area contributed by atoms with Crippen LogP contribution in [0.2, 0.25) is 10.0 Å². The minimum absolute atomic E-state index is 0.152. The van der Waals surface area contributed by atoms with Crippen molar-refractivity contribution in [1.82, 2.24) is 19.7 Å². The summed E-state index contributed by atoms with van der Waals surface area (Å²) in [7, 11) is 3.70. The SMILES string of the molecule is Cc1cc(OCCC/C(=C\c2c(C)ccc3cc(C(=O)O)n(C)c23)c2ccc(Cl)c(-c3c(C)nn(C)c3C)c2N[C@H](C)CNC=O)cc(C)c1Cl. The second kappa shape index (κ2) is 15.7. The van der Waals surface area contributed by atoms with Gasteiger partial charge in [-0.1, -0.05) is 41.4 Å². The number of hydrogen-bond acceptors (Lipinski definition) is 5. The molecule has 0 spiro atoms. The lowest BCUT2D eigenvalue weighted by atomic mass is 9.90. The minimum Gasteiger partial charge on any atom is -0.494 e. The van der Waals surface area contributed by atoms with Crippen molar-refractivity contribution in [3.8, 4) is 16.9 Å². The first kappa shape index (κ1) is 37.5. The van der Waals surface area contributed by atoms with Crippen molar-refractivity contribution in [2.75, 3.05) is 18.5 Å². The van der Waals surface area contributed by atoms with Crippen molar-refractivity contribution in [3.05, 3.63) is 97.4 Å². The maximum atomic E-state index is 12.2. The number of amides is 1. The molecule has 5 rings (SSSR count). The molecule has 11 heteroatoms. The first-order chi connectivity index (χ1) is 24.2. The monoisotopic (exact) mass is 729 g/mol. The van der Waals surface area contributed by atoms with Gasteiger partial charge in [-0.05, 0) is 107 Å². The zero-order chi connectivity index (χ0) is 37.1. The number of nitrogens with zero attached hydrogens (tertiary/aromatic N) is 3. The molecule has 2 heterocycles. The summed E-state index contributed by atoms with van der Waals surface area (Å²) in [6, 6.07) is 13.4. The number of benzene rings is 3. The molecular weight excluding hydrogens is 685 g/mol. The van der Waals surface area contributed by atoms with E-state index >= 15 is 0 Å². The zero-order valence-electron chi connectivity index (χ0n) is 30.4. The molecule has 0 bridgehead atoms. The van der Waals surface area contributed by atoms with E-state index in [-0.39, 0.29) is 11.7 Å². The first-order valence-electron chi connectivity index (χ1n) is 16.9. The van der Waals surface area contributed by atoms with Gasteiger partial charge in [0.25, 0.3) is 0 Å². The fourth-order valence-electron chi connectivity index (χ4n) is 6.77. The highest BCUT2D eigenvalue weighted by atomic mass is 35.5. The maximum Gasteiger partial charge on any atom is 0.352 e. The summed E-state index contributed by atoms with van der Waals surface area (Å²) in [6.45, 7) is 12.8. The molecule has 3 aromatic carbocycles. The van der Waals surface area contributed by atoms with Crippen LogP contribution in [0.4, 0.5) is 5.69 Å². The van der Waals surface area contributed by atoms with Gasteiger partial charge in [-0.2, -0.15) is 5.10 Å². The van der Waals surface area contributed by atoms with Crippen LogP contribution in [0.15, 0.2) is 42.5 Å². The molecule has 0 aliphatic carbocycles. The maximum absolute atomic E-state index is 12.2. The Kier molecular flexibility index (Phi) is 11.5. The number of halogens is 2. The molecule has 2 aromatic heterocycles. The number of rotatable bonds is 14. The van der Waals surface area contributed by atoms with Crippen molar-refractivity contribution < 1.29 is 19.4 Å². The summed E-state index contributed by atoms with van der Waals surface area (Å²) in [4.78, 5) is 23.4. The van der Waals surface area contributed by atoms with E-state index in [0.29, 0.717) is 37.4 Å². The van der Waals surface area contributed by atoms with Gasteiger partial charge in [0.2, 0.25) is 6.41 Å². The third kappa shape index (κ3) is 7.80. The Hall–Kier alpha value is -4.73. The number of aromatic nitrogens is 3. The largest absolute Gasteiger partial charge is 0.494 e. The molecule has 268 valence electrons. The Balaban J connectivity index is 1.70. The predicted octanol–water partition coefficient (Wildman–Crippen LogP) is 9.07. The number of carbonyl (C=O) groups is 2. The Morgan fingerprint density at radius 1 is 1.00 bits per heavy atom. The van der Waals surface area contributed by atoms with E-state index in [1.54, 1.807) is 17.7 Å². The number of carboxylic acid groups (broad SMARTS) is 1. The second-order valence-corrected chi connectivity index (χ2v) is 14.0. The molecule has 5 aromatic rings. The average Bonchev–Trinajstić information content (AvgIpc) is 3.55. The van der Waals surface area contributed by atoms with Gasteiger partial charge in [0.05, 0.1) is 28.5 Å². The van der Waals surface area contributed by atoms with E-state index < -0.39 is 5.97 Å². The molecule has 1 amide bonds. The molecule has 1 atom stereocenters. The summed E-state index contributed by atoms with van der Waals surface area (Å²) in [5.41, 5.74) is 11.2. The van der Waals surface area contributed by atoms with E-state index in [9.17, 15) is 14.7 Å². The lowest BCUT2D eigenvalue weighted by molar-refractivity contribution is -0.109. The van der Waals surface area contributed by atoms with E-state index in [0.717, 1.165) is 83.3 Å². The van der Waals surface area contributed by atoms with Crippen molar-refractivity contribution in [2.24, 2.45) is 14.1 Å². The Bertz CT molecular complexity index is 2140. The molecule has 3 N–H and O–H groups in total. The van der Waals surface area contributed by atoms with E-state index in [2.05, 4.69) is 16.7 Å². The number of nitrogens with one attached hydrogen (secondary N) is 2. The number of aryl methyl sites for hydroxylation is 6. The third-order valence-corrected chi connectivity index (χ3v) is 10.3. The van der Waals surface area contributed by atoms with Crippen LogP contribution in [0, 0.1) is 34.6 Å². The summed E-state index contributed by atoms with van der Waals surface area (Å²) >= 11 is 13.5. The summed E-state index contributed by atoms with van der Waals surface area (Å²) in [5, 5.41) is 23.3. The first-order valence-corrected chi connectivity index (χ1v) is 17.7. The molecule has 0 unspecified atom stereocenters. The van der Waals surface area contributed by atoms with Crippen LogP contribution in [0.1, 0.15) is 69.5 Å². The highest BCUT2D eigenvalue weighted by Gasteiger charge is 2.24. The van der Waals surface area contributed by atoms with E-state index in [1.165, 1.54) is 0 Å². The molecule has 0 radical (unpaired) electrons. The van der Waals surface area contributed by atoms with Gasteiger partial charge in [-0.25, -0.2) is 4.79 Å². The molecule has 51 heavy (non-hydrogen) atoms. The standard InChI is InChI=1S/C40H45Cl2N5O4/c1-22-11-12-29-19-34(40(49)50)46(7)39(29)32(22)18-28(10-9-15-51-30-16-23(2)37(42)24(3)17-30)31-13-14-33(41)36(35-26(5)45-47(8)27(35)6)38(31)44-25(4)20-43-21-48/h11-14,16-19,21,25,44H,9-10,15,20H2,1-8H3,(H,43,48)(H,49,50)/b28-18+/t25-/m1/s1. The van der Waals surface area contributed by atoms with Crippen LogP contribution in [-0.2, 0) is 18.9 Å². The lowest BCUT2D eigenvalue weighted by Crippen LogP contribution is -2.30. The van der Waals surface area contributed by atoms with Gasteiger partial charge in [0, 0.05) is 65.0 Å². The fraction of sp³-hybridized carbons (Fsp3) is 0.325. The van der Waals surface area contributed by atoms with Gasteiger partial charge in [-0.3, -0.25) is 9.48 Å². The smallest absolute Gasteiger partial charge is 0.352 e. The van der Waals surface area contributed by atoms with Gasteiger partial charge in [0.15, 0.2) is 0 Å². The minimum atomic E-state index is -0.986. The van der Waals surface area contributed by atoms with Crippen LogP contribution in [0.5, 0.6) is 5.75 Å². The number of anilines is 1. The van der Waals surface area contributed by atoms with Crippen LogP contribution in [0.25, 0.3) is 33.7 Å². The normalized spacial score (nSPS) is 12.3. The Labute approximate surface area is 309 Å². The molecule has 0 saturated heterocycles. The number of ether oxygens (including phenoxy) is 1. The fourth-order valence-corrected chi connectivity index (χ4v) is 7.13. The van der Waals surface area contributed by atoms with Crippen molar-refractivity contribution in [2.45, 2.75) is 60.4 Å². The van der Waals surface area contributed by atoms with Crippen LogP contribution < -0.4 is 15.4 Å². The molecule has 9 nitrogen and oxygen atoms in total. The van der Waals surface area contributed by atoms with Crippen LogP contribution in [-0.4, -0.2) is 51.0 Å². The topological polar surface area (TPSA) is 110 Å². The van der Waals surface area contributed by atoms with Crippen LogP contribution >= 0.6 is 23.2 Å². The molecule has 0 aliphatic rings. The summed E-state index contributed by atoms with van der Waals surface area (Å²) in [5.74, 6) is -0.221. The average molecular weight is 731 g/mol. The number of carbonyl (C=O) groups excluding carboxylic acids is 1. The summed E-state index contributed by atoms with van der Waals surface area (Å²) in [6.07, 6.45) is 4.16. The summed E-state index contributed by atoms with van der Waals surface area (Å²) < 4.78 is 9.83. The molecule has 0 fully saturated rings. The van der Waals surface area contributed by atoms with Crippen molar-refractivity contribution >= 4 is 63.8 Å². The Morgan fingerprint density at radius 2 is 1.71 bits per heavy atom. The zero-order valence-corrected chi connectivity index (χ0v) is 31.9. The van der Waals surface area contributed by atoms with Crippen molar-refractivity contribution in [3.63, 3.8) is 0 Å². The van der Waals surface area contributed by atoms with Gasteiger partial charge in [-0.15, -0.1) is 0 Å². The third-order valence-electron chi connectivity index (χ3n) is 9.42. The Morgan fingerprint density at radius 3 is 2.33 bits per heavy atom. The highest BCUT2D eigenvalue weighted by molar-refractivity contribution is 6.34. The molecule has 0 saturated carbocycles. The predicted molar refractivity (Wildman–Crippen MR) is 208 cm³/mol. The van der Waals surface area contributed by atoms with Gasteiger partial charge < -0.3 is 25.0 Å². The lowest BCUT2D eigenvalue weighted by Gasteiger charge is -2.24. The number of hydrogen-bond donors (Lipinski definition) is 3. The van der Waals surface area contributed by atoms with E-state index in [1.807, 2.05) is 89.7 Å². The number of aromatic carboxylic acids is 1. The van der Waals surface area contributed by atoms with Crippen molar-refractivity contribution in [1.29, 1.82) is 0 Å². The highest BCUT2D eigenvalue weighted by Crippen LogP contribution is 2.44. The van der Waals surface area contributed by atoms with E-state index in [4.69, 9.17) is 33.0 Å². The quantitative estimate of drug-likeness (QED) is 0.0598. The number of fused-ring (bicyclic) bond motifs is 1.